The Hall–Kier alpha value is 0.450. The highest BCUT2D eigenvalue weighted by Crippen LogP contribution is 2.81. The third-order valence-corrected chi connectivity index (χ3v) is 14.4. The summed E-state index contributed by atoms with van der Waals surface area (Å²) in [5.74, 6) is 0. The van der Waals surface area contributed by atoms with Gasteiger partial charge in [0.15, 0.2) is 0 Å². The molecule has 12 heteroatoms. The van der Waals surface area contributed by atoms with Gasteiger partial charge in [-0.3, -0.25) is 0 Å². The Balaban J connectivity index is 2.88. The number of hydrogen-bond donors (Lipinski definition) is 0. The lowest BCUT2D eigenvalue weighted by atomic mass is 10.8. The normalized spacial score (nSPS) is 25.6. The minimum absolute atomic E-state index is 0.544. The highest BCUT2D eigenvalue weighted by Gasteiger charge is 2.45. The maximum absolute atomic E-state index is 5.94. The van der Waals surface area contributed by atoms with E-state index < -0.39 is 22.7 Å². The summed E-state index contributed by atoms with van der Waals surface area (Å²) in [5, 5.41) is 0. The van der Waals surface area contributed by atoms with Crippen LogP contribution in [0.25, 0.3) is 0 Å². The highest BCUT2D eigenvalue weighted by atomic mass is 31.3. The van der Waals surface area contributed by atoms with Crippen molar-refractivity contribution in [3.05, 3.63) is 0 Å². The van der Waals surface area contributed by atoms with Crippen LogP contribution in [0.15, 0.2) is 13.5 Å². The molecule has 1 fully saturated rings. The minimum Gasteiger partial charge on any atom is -0.304 e. The van der Waals surface area contributed by atoms with Crippen molar-refractivity contribution in [2.24, 2.45) is 13.5 Å². The van der Waals surface area contributed by atoms with Crippen LogP contribution < -0.4 is 0 Å². The molecule has 9 nitrogen and oxygen atoms in total. The van der Waals surface area contributed by atoms with E-state index in [2.05, 4.69) is 18.7 Å². The van der Waals surface area contributed by atoms with Gasteiger partial charge in [-0.1, -0.05) is 0 Å². The van der Waals surface area contributed by atoms with Crippen molar-refractivity contribution in [2.75, 3.05) is 69.6 Å². The zero-order valence-electron chi connectivity index (χ0n) is 14.7. The van der Waals surface area contributed by atoms with Crippen molar-refractivity contribution in [3.8, 4) is 0 Å². The average Bonchev–Trinajstić information content (AvgIpc) is 2.84. The Morgan fingerprint density at radius 1 is 0.591 bits per heavy atom. The molecule has 22 heavy (non-hydrogen) atoms. The molecule has 1 saturated heterocycles. The molecule has 0 aliphatic carbocycles. The highest BCUT2D eigenvalue weighted by molar-refractivity contribution is 7.81. The van der Waals surface area contributed by atoms with Gasteiger partial charge in [0.05, 0.1) is 13.2 Å². The topological polar surface area (TPSA) is 68.5 Å². The summed E-state index contributed by atoms with van der Waals surface area (Å²) in [6.07, 6.45) is 0. The molecule has 0 radical (unpaired) electrons. The second-order valence-electron chi connectivity index (χ2n) is 5.89. The van der Waals surface area contributed by atoms with Gasteiger partial charge in [0.2, 0.25) is 15.0 Å². The van der Waals surface area contributed by atoms with Gasteiger partial charge < -0.3 is 9.05 Å². The smallest absolute Gasteiger partial charge is 0.304 e. The van der Waals surface area contributed by atoms with Gasteiger partial charge >= 0.3 is 7.66 Å². The van der Waals surface area contributed by atoms with E-state index in [1.54, 1.807) is 0 Å². The van der Waals surface area contributed by atoms with Crippen LogP contribution in [0.1, 0.15) is 0 Å². The largest absolute Gasteiger partial charge is 0.346 e. The summed E-state index contributed by atoms with van der Waals surface area (Å²) in [7, 11) is 8.91. The molecule has 0 amide bonds. The van der Waals surface area contributed by atoms with E-state index in [9.17, 15) is 0 Å². The maximum atomic E-state index is 5.94. The fourth-order valence-electron chi connectivity index (χ4n) is 2.33. The molecule has 0 unspecified atom stereocenters. The molecular formula is C10H28N7O2P3. The molecule has 130 valence electrons. The van der Waals surface area contributed by atoms with Crippen LogP contribution >= 0.6 is 22.7 Å². The number of rotatable bonds is 4. The first kappa shape index (κ1) is 18.8. The quantitative estimate of drug-likeness (QED) is 0.708. The summed E-state index contributed by atoms with van der Waals surface area (Å²) in [6.45, 7) is 1.09. The maximum Gasteiger partial charge on any atom is 0.346 e. The molecule has 2 heterocycles. The average molecular weight is 371 g/mol. The van der Waals surface area contributed by atoms with Crippen LogP contribution in [-0.2, 0) is 9.05 Å². The Bertz CT molecular complexity index is 546. The van der Waals surface area contributed by atoms with Gasteiger partial charge in [0.25, 0.3) is 0 Å². The van der Waals surface area contributed by atoms with Crippen LogP contribution in [0.4, 0.5) is 0 Å². The summed E-state index contributed by atoms with van der Waals surface area (Å²) < 4.78 is 35.4. The molecular weight excluding hydrogens is 343 g/mol. The molecule has 0 atom stereocenters. The van der Waals surface area contributed by atoms with Crippen molar-refractivity contribution in [1.29, 1.82) is 0 Å². The molecule has 0 saturated carbocycles. The standard InChI is InChI=1S/C10H28N7O2P3/c1-14(2)20(15(3)4)11-21(16(5)6,17(7)8)13-22(12-20)18-9-10-19-22/h9-10H2,1-8H3. The lowest BCUT2D eigenvalue weighted by Gasteiger charge is -2.43. The van der Waals surface area contributed by atoms with Crippen LogP contribution in [0.2, 0.25) is 0 Å². The van der Waals surface area contributed by atoms with Crippen LogP contribution in [-0.4, -0.2) is 88.3 Å². The lowest BCUT2D eigenvalue weighted by Crippen LogP contribution is -2.25. The monoisotopic (exact) mass is 371 g/mol. The van der Waals surface area contributed by atoms with Crippen LogP contribution in [0, 0.1) is 0 Å². The predicted octanol–water partition coefficient (Wildman–Crippen LogP) is 3.13. The van der Waals surface area contributed by atoms with Gasteiger partial charge in [-0.25, -0.2) is 18.7 Å². The zero-order valence-corrected chi connectivity index (χ0v) is 17.4. The van der Waals surface area contributed by atoms with Crippen molar-refractivity contribution < 1.29 is 9.05 Å². The number of nitrogens with zero attached hydrogens (tertiary/aromatic N) is 7. The fourth-order valence-corrected chi connectivity index (χ4v) is 15.5. The first-order valence-electron chi connectivity index (χ1n) is 7.02. The van der Waals surface area contributed by atoms with Crippen molar-refractivity contribution >= 4 is 22.7 Å². The summed E-state index contributed by atoms with van der Waals surface area (Å²) in [5.41, 5.74) is 0. The van der Waals surface area contributed by atoms with Crippen molar-refractivity contribution in [1.82, 2.24) is 18.7 Å². The summed E-state index contributed by atoms with van der Waals surface area (Å²) in [6, 6.07) is 0. The summed E-state index contributed by atoms with van der Waals surface area (Å²) in [4.78, 5) is 0. The SMILES string of the molecule is CN(C)P1(N(C)C)=NP2(=NP(N(C)C)(N(C)C)=N1)OCCO2. The third-order valence-electron chi connectivity index (χ3n) is 3.45. The third kappa shape index (κ3) is 2.92. The molecule has 1 spiro atoms. The number of hydrogen-bond acceptors (Lipinski definition) is 9. The second kappa shape index (κ2) is 6.40. The molecule has 0 bridgehead atoms. The summed E-state index contributed by atoms with van der Waals surface area (Å²) >= 11 is 0. The van der Waals surface area contributed by atoms with Gasteiger partial charge in [0, 0.05) is 0 Å². The molecule has 0 aromatic heterocycles. The molecule has 0 aromatic rings. The van der Waals surface area contributed by atoms with Crippen molar-refractivity contribution in [2.45, 2.75) is 0 Å². The Kier molecular flexibility index (Phi) is 5.46. The lowest BCUT2D eigenvalue weighted by molar-refractivity contribution is 0.365. The van der Waals surface area contributed by atoms with Gasteiger partial charge in [-0.05, 0) is 56.4 Å². The van der Waals surface area contributed by atoms with E-state index in [0.29, 0.717) is 13.2 Å². The van der Waals surface area contributed by atoms with E-state index in [1.807, 2.05) is 56.4 Å². The van der Waals surface area contributed by atoms with E-state index in [4.69, 9.17) is 22.6 Å². The minimum atomic E-state index is -2.61. The van der Waals surface area contributed by atoms with Gasteiger partial charge in [0.1, 0.15) is 0 Å². The van der Waals surface area contributed by atoms with E-state index in [-0.39, 0.29) is 0 Å². The first-order chi connectivity index (χ1) is 10.1. The predicted molar refractivity (Wildman–Crippen MR) is 94.7 cm³/mol. The fraction of sp³-hybridized carbons (Fsp3) is 1.00. The zero-order chi connectivity index (χ0) is 16.8. The Labute approximate surface area is 134 Å². The van der Waals surface area contributed by atoms with Gasteiger partial charge in [-0.2, -0.15) is 13.5 Å². The van der Waals surface area contributed by atoms with E-state index in [1.165, 1.54) is 0 Å². The second-order valence-corrected chi connectivity index (χ2v) is 14.9. The van der Waals surface area contributed by atoms with Gasteiger partial charge in [-0.15, -0.1) is 0 Å². The first-order valence-corrected chi connectivity index (χ1v) is 11.8. The molecule has 2 aliphatic heterocycles. The molecule has 0 N–H and O–H groups in total. The van der Waals surface area contributed by atoms with E-state index in [0.717, 1.165) is 0 Å². The molecule has 2 rings (SSSR count). The van der Waals surface area contributed by atoms with Crippen LogP contribution in [0.3, 0.4) is 0 Å². The molecule has 2 aliphatic rings. The van der Waals surface area contributed by atoms with Crippen molar-refractivity contribution in [3.63, 3.8) is 0 Å². The van der Waals surface area contributed by atoms with Crippen LogP contribution in [0.5, 0.6) is 0 Å². The Morgan fingerprint density at radius 3 is 1.32 bits per heavy atom. The van der Waals surface area contributed by atoms with E-state index >= 15 is 0 Å². The Morgan fingerprint density at radius 2 is 0.955 bits per heavy atom. The molecule has 0 aromatic carbocycles.